The van der Waals surface area contributed by atoms with E-state index in [0.29, 0.717) is 22.8 Å². The lowest BCUT2D eigenvalue weighted by atomic mass is 10.1. The van der Waals surface area contributed by atoms with Crippen molar-refractivity contribution in [3.63, 3.8) is 0 Å². The summed E-state index contributed by atoms with van der Waals surface area (Å²) in [5.41, 5.74) is 1.01. The second kappa shape index (κ2) is 5.69. The van der Waals surface area contributed by atoms with E-state index in [1.807, 2.05) is 0 Å². The Bertz CT molecular complexity index is 914. The molecule has 0 atom stereocenters. The van der Waals surface area contributed by atoms with Crippen molar-refractivity contribution in [2.24, 2.45) is 0 Å². The number of imidazole rings is 1. The van der Waals surface area contributed by atoms with E-state index in [0.717, 1.165) is 0 Å². The predicted octanol–water partition coefficient (Wildman–Crippen LogP) is 3.07. The lowest BCUT2D eigenvalue weighted by molar-refractivity contribution is -0.385. The highest BCUT2D eigenvalue weighted by molar-refractivity contribution is 7.15. The van der Waals surface area contributed by atoms with Gasteiger partial charge in [0.25, 0.3) is 0 Å². The molecule has 23 heavy (non-hydrogen) atoms. The van der Waals surface area contributed by atoms with Gasteiger partial charge in [0.1, 0.15) is 0 Å². The molecular weight excluding hydrogens is 322 g/mol. The van der Waals surface area contributed by atoms with Crippen LogP contribution in [0.25, 0.3) is 16.2 Å². The average Bonchev–Trinajstić information content (AvgIpc) is 3.08. The zero-order valence-electron chi connectivity index (χ0n) is 11.9. The van der Waals surface area contributed by atoms with Crippen LogP contribution in [-0.4, -0.2) is 32.0 Å². The summed E-state index contributed by atoms with van der Waals surface area (Å²) in [5, 5.41) is 22.0. The fourth-order valence-corrected chi connectivity index (χ4v) is 3.07. The fourth-order valence-electron chi connectivity index (χ4n) is 2.19. The smallest absolute Gasteiger partial charge is 0.356 e. The quantitative estimate of drug-likeness (QED) is 0.568. The second-order valence-corrected chi connectivity index (χ2v) is 5.41. The summed E-state index contributed by atoms with van der Waals surface area (Å²) < 4.78 is 6.86. The minimum atomic E-state index is -1.12. The molecule has 118 valence electrons. The first kappa shape index (κ1) is 15.0. The monoisotopic (exact) mass is 333 g/mol. The highest BCUT2D eigenvalue weighted by Crippen LogP contribution is 2.34. The predicted molar refractivity (Wildman–Crippen MR) is 83.3 cm³/mol. The average molecular weight is 333 g/mol. The maximum Gasteiger partial charge on any atom is 0.356 e. The summed E-state index contributed by atoms with van der Waals surface area (Å²) in [6.45, 7) is 2.07. The van der Waals surface area contributed by atoms with Crippen molar-refractivity contribution in [2.75, 3.05) is 6.61 Å². The number of thiazole rings is 1. The highest BCUT2D eigenvalue weighted by Gasteiger charge is 2.19. The molecule has 0 spiro atoms. The number of fused-ring (bicyclic) bond motifs is 1. The van der Waals surface area contributed by atoms with Gasteiger partial charge in [-0.05, 0) is 19.1 Å². The van der Waals surface area contributed by atoms with E-state index in [1.165, 1.54) is 29.7 Å². The Morgan fingerprint density at radius 3 is 2.96 bits per heavy atom. The van der Waals surface area contributed by atoms with Gasteiger partial charge < -0.3 is 9.84 Å². The molecule has 0 unspecified atom stereocenters. The number of nitro benzene ring substituents is 1. The van der Waals surface area contributed by atoms with Crippen molar-refractivity contribution in [1.82, 2.24) is 9.38 Å². The van der Waals surface area contributed by atoms with Crippen LogP contribution in [0, 0.1) is 10.1 Å². The summed E-state index contributed by atoms with van der Waals surface area (Å²) in [4.78, 5) is 26.2. The Labute approximate surface area is 133 Å². The molecule has 3 aromatic rings. The first-order chi connectivity index (χ1) is 11.0. The van der Waals surface area contributed by atoms with Crippen LogP contribution in [0.1, 0.15) is 17.4 Å². The normalized spacial score (nSPS) is 10.8. The number of carboxylic acids is 1. The third-order valence-electron chi connectivity index (χ3n) is 3.18. The van der Waals surface area contributed by atoms with Gasteiger partial charge in [0.05, 0.1) is 17.2 Å². The van der Waals surface area contributed by atoms with Gasteiger partial charge in [0, 0.05) is 23.2 Å². The third-order valence-corrected chi connectivity index (χ3v) is 4.02. The Morgan fingerprint density at radius 1 is 1.52 bits per heavy atom. The summed E-state index contributed by atoms with van der Waals surface area (Å²) in [7, 11) is 0. The lowest BCUT2D eigenvalue weighted by Gasteiger charge is -2.06. The summed E-state index contributed by atoms with van der Waals surface area (Å²) >= 11 is 1.26. The molecule has 2 aromatic heterocycles. The number of carboxylic acid groups (broad SMARTS) is 1. The van der Waals surface area contributed by atoms with E-state index >= 15 is 0 Å². The Morgan fingerprint density at radius 2 is 2.30 bits per heavy atom. The van der Waals surface area contributed by atoms with Crippen LogP contribution < -0.4 is 4.74 Å². The molecule has 0 saturated heterocycles. The van der Waals surface area contributed by atoms with Crippen molar-refractivity contribution in [1.29, 1.82) is 0 Å². The number of hydrogen-bond acceptors (Lipinski definition) is 6. The van der Waals surface area contributed by atoms with Crippen molar-refractivity contribution < 1.29 is 19.6 Å². The van der Waals surface area contributed by atoms with Crippen LogP contribution in [0.2, 0.25) is 0 Å². The molecule has 0 aliphatic rings. The van der Waals surface area contributed by atoms with E-state index in [4.69, 9.17) is 9.84 Å². The maximum absolute atomic E-state index is 11.2. The molecule has 0 amide bonds. The van der Waals surface area contributed by atoms with Crippen LogP contribution in [0.4, 0.5) is 5.69 Å². The Balaban J connectivity index is 2.13. The van der Waals surface area contributed by atoms with Gasteiger partial charge in [-0.3, -0.25) is 14.5 Å². The zero-order valence-corrected chi connectivity index (χ0v) is 12.7. The number of aromatic carboxylic acids is 1. The molecule has 1 N–H and O–H groups in total. The molecule has 9 heteroatoms. The van der Waals surface area contributed by atoms with E-state index in [9.17, 15) is 14.9 Å². The molecular formula is C14H11N3O5S. The summed E-state index contributed by atoms with van der Waals surface area (Å²) in [6, 6.07) is 4.64. The number of aromatic nitrogens is 2. The summed E-state index contributed by atoms with van der Waals surface area (Å²) in [5.74, 6) is -0.922. The van der Waals surface area contributed by atoms with Gasteiger partial charge >= 0.3 is 11.7 Å². The van der Waals surface area contributed by atoms with Gasteiger partial charge in [-0.15, -0.1) is 11.3 Å². The van der Waals surface area contributed by atoms with Crippen molar-refractivity contribution in [3.05, 3.63) is 45.6 Å². The van der Waals surface area contributed by atoms with Gasteiger partial charge in [-0.25, -0.2) is 9.78 Å². The molecule has 2 heterocycles. The molecule has 1 aromatic carbocycles. The molecule has 0 saturated carbocycles. The maximum atomic E-state index is 11.2. The molecule has 0 bridgehead atoms. The number of ether oxygens (including phenoxy) is 1. The second-order valence-electron chi connectivity index (χ2n) is 4.58. The van der Waals surface area contributed by atoms with E-state index in [2.05, 4.69) is 4.98 Å². The van der Waals surface area contributed by atoms with Crippen LogP contribution in [0.3, 0.4) is 0 Å². The highest BCUT2D eigenvalue weighted by atomic mass is 32.1. The van der Waals surface area contributed by atoms with Crippen LogP contribution in [-0.2, 0) is 0 Å². The van der Waals surface area contributed by atoms with Gasteiger partial charge in [-0.1, -0.05) is 0 Å². The summed E-state index contributed by atoms with van der Waals surface area (Å²) in [6.07, 6.45) is 1.39. The van der Waals surface area contributed by atoms with Gasteiger partial charge in [-0.2, -0.15) is 0 Å². The largest absolute Gasteiger partial charge is 0.487 e. The SMILES string of the molecule is CCOc1ccc(-c2csc3nc(C(=O)O)cn23)cc1[N+](=O)[O-]. The molecule has 3 rings (SSSR count). The molecule has 8 nitrogen and oxygen atoms in total. The van der Waals surface area contributed by atoms with Crippen molar-refractivity contribution in [3.8, 4) is 17.0 Å². The van der Waals surface area contributed by atoms with Crippen LogP contribution >= 0.6 is 11.3 Å². The molecule has 0 fully saturated rings. The fraction of sp³-hybridized carbons (Fsp3) is 0.143. The standard InChI is InChI=1S/C14H11N3O5S/c1-2-22-12-4-3-8(5-10(12)17(20)21)11-7-23-14-15-9(13(18)19)6-16(11)14/h3-7H,2H2,1H3,(H,18,19). The van der Waals surface area contributed by atoms with Crippen molar-refractivity contribution in [2.45, 2.75) is 6.92 Å². The number of nitrogens with zero attached hydrogens (tertiary/aromatic N) is 3. The Hall–Kier alpha value is -2.94. The number of benzene rings is 1. The van der Waals surface area contributed by atoms with Gasteiger partial charge in [0.15, 0.2) is 16.4 Å². The number of carbonyl (C=O) groups is 1. The number of rotatable bonds is 5. The Kier molecular flexibility index (Phi) is 3.70. The first-order valence-corrected chi connectivity index (χ1v) is 7.50. The molecule has 0 aliphatic heterocycles. The van der Waals surface area contributed by atoms with Gasteiger partial charge in [0.2, 0.25) is 0 Å². The zero-order chi connectivity index (χ0) is 16.6. The van der Waals surface area contributed by atoms with E-state index in [-0.39, 0.29) is 17.1 Å². The number of nitro groups is 1. The van der Waals surface area contributed by atoms with E-state index < -0.39 is 10.9 Å². The van der Waals surface area contributed by atoms with Crippen molar-refractivity contribution >= 4 is 28.0 Å². The van der Waals surface area contributed by atoms with Crippen LogP contribution in [0.15, 0.2) is 29.8 Å². The third kappa shape index (κ3) is 2.61. The molecule has 0 radical (unpaired) electrons. The number of hydrogen-bond donors (Lipinski definition) is 1. The van der Waals surface area contributed by atoms with E-state index in [1.54, 1.807) is 22.8 Å². The minimum absolute atomic E-state index is 0.0708. The lowest BCUT2D eigenvalue weighted by Crippen LogP contribution is -1.98. The topological polar surface area (TPSA) is 107 Å². The molecule has 0 aliphatic carbocycles. The van der Waals surface area contributed by atoms with Crippen LogP contribution in [0.5, 0.6) is 5.75 Å². The minimum Gasteiger partial charge on any atom is -0.487 e. The first-order valence-electron chi connectivity index (χ1n) is 6.62.